The molecule has 26 heavy (non-hydrogen) atoms. The molecule has 7 nitrogen and oxygen atoms in total. The van der Waals surface area contributed by atoms with Crippen molar-refractivity contribution in [1.29, 1.82) is 0 Å². The predicted octanol–water partition coefficient (Wildman–Crippen LogP) is 3.30. The zero-order chi connectivity index (χ0) is 19.2. The highest BCUT2D eigenvalue weighted by Crippen LogP contribution is 2.27. The molecule has 1 aromatic carbocycles. The van der Waals surface area contributed by atoms with Crippen molar-refractivity contribution in [3.63, 3.8) is 0 Å². The molecule has 4 N–H and O–H groups in total. The van der Waals surface area contributed by atoms with Crippen LogP contribution in [0.15, 0.2) is 30.3 Å². The lowest BCUT2D eigenvalue weighted by Crippen LogP contribution is -2.43. The largest absolute Gasteiger partial charge is 0.368 e. The van der Waals surface area contributed by atoms with E-state index in [0.717, 1.165) is 12.1 Å². The summed E-state index contributed by atoms with van der Waals surface area (Å²) in [6.07, 6.45) is 0.872. The summed E-state index contributed by atoms with van der Waals surface area (Å²) in [5.74, 6) is 1.42. The van der Waals surface area contributed by atoms with Gasteiger partial charge in [0.1, 0.15) is 5.82 Å². The molecule has 1 heterocycles. The van der Waals surface area contributed by atoms with E-state index in [0.29, 0.717) is 17.5 Å². The van der Waals surface area contributed by atoms with Gasteiger partial charge in [-0.1, -0.05) is 25.1 Å². The van der Waals surface area contributed by atoms with Crippen LogP contribution in [0.25, 0.3) is 0 Å². The van der Waals surface area contributed by atoms with E-state index in [9.17, 15) is 4.79 Å². The molecule has 2 aromatic rings. The number of nitrogens with zero attached hydrogens (tertiary/aromatic N) is 3. The molecule has 0 aliphatic rings. The number of nitrogens with one attached hydrogen (secondary N) is 2. The summed E-state index contributed by atoms with van der Waals surface area (Å²) in [7, 11) is 0. The molecule has 0 aliphatic heterocycles. The molecule has 0 spiro atoms. The number of amides is 1. The first kappa shape index (κ1) is 20.0. The third-order valence-electron chi connectivity index (χ3n) is 3.89. The zero-order valence-electron chi connectivity index (χ0n) is 15.6. The lowest BCUT2D eigenvalue weighted by molar-refractivity contribution is -0.120. The monoisotopic (exact) mass is 374 g/mol. The van der Waals surface area contributed by atoms with Gasteiger partial charge in [-0.2, -0.15) is 15.0 Å². The van der Waals surface area contributed by atoms with Crippen molar-refractivity contribution < 1.29 is 4.79 Å². The Labute approximate surface area is 158 Å². The number of aromatic nitrogens is 3. The highest BCUT2D eigenvalue weighted by molar-refractivity contribution is 8.00. The second-order valence-electron chi connectivity index (χ2n) is 6.61. The number of nitrogens with two attached hydrogens (primary N) is 1. The minimum Gasteiger partial charge on any atom is -0.368 e. The number of anilines is 3. The molecule has 0 radical (unpaired) electrons. The molecule has 2 rings (SSSR count). The van der Waals surface area contributed by atoms with Crippen LogP contribution in [-0.4, -0.2) is 32.2 Å². The van der Waals surface area contributed by atoms with E-state index in [-0.39, 0.29) is 22.6 Å². The third-order valence-corrected chi connectivity index (χ3v) is 5.03. The zero-order valence-corrected chi connectivity index (χ0v) is 16.4. The molecule has 1 amide bonds. The first-order chi connectivity index (χ1) is 12.3. The number of rotatable bonds is 8. The first-order valence-corrected chi connectivity index (χ1v) is 9.60. The molecule has 140 valence electrons. The van der Waals surface area contributed by atoms with Crippen LogP contribution in [0, 0.1) is 0 Å². The minimum absolute atomic E-state index is 0.00152. The quantitative estimate of drug-likeness (QED) is 0.651. The fourth-order valence-corrected chi connectivity index (χ4v) is 2.80. The maximum absolute atomic E-state index is 12.1. The highest BCUT2D eigenvalue weighted by atomic mass is 32.2. The second kappa shape index (κ2) is 8.84. The maximum atomic E-state index is 12.1. The average molecular weight is 375 g/mol. The van der Waals surface area contributed by atoms with Gasteiger partial charge in [-0.15, -0.1) is 11.8 Å². The smallest absolute Gasteiger partial charge is 0.232 e. The van der Waals surface area contributed by atoms with Gasteiger partial charge in [-0.05, 0) is 39.3 Å². The van der Waals surface area contributed by atoms with Crippen molar-refractivity contribution in [1.82, 2.24) is 20.3 Å². The van der Waals surface area contributed by atoms with Crippen molar-refractivity contribution in [2.24, 2.45) is 0 Å². The van der Waals surface area contributed by atoms with Crippen LogP contribution >= 0.6 is 11.8 Å². The summed E-state index contributed by atoms with van der Waals surface area (Å²) in [4.78, 5) is 24.9. The molecular formula is C18H26N6OS. The SMILES string of the molecule is CCC(C)(C)NC(=O)CSC(C)c1nc(N)nc(Nc2ccccc2)n1. The topological polar surface area (TPSA) is 106 Å². The molecule has 0 saturated carbocycles. The molecular weight excluding hydrogens is 348 g/mol. The Morgan fingerprint density at radius 2 is 1.92 bits per heavy atom. The van der Waals surface area contributed by atoms with Crippen LogP contribution in [0.3, 0.4) is 0 Å². The summed E-state index contributed by atoms with van der Waals surface area (Å²) >= 11 is 1.46. The molecule has 0 saturated heterocycles. The fourth-order valence-electron chi connectivity index (χ4n) is 2.07. The maximum Gasteiger partial charge on any atom is 0.232 e. The molecule has 8 heteroatoms. The summed E-state index contributed by atoms with van der Waals surface area (Å²) < 4.78 is 0. The third kappa shape index (κ3) is 6.18. The first-order valence-electron chi connectivity index (χ1n) is 8.55. The Balaban J connectivity index is 2.00. The predicted molar refractivity (Wildman–Crippen MR) is 107 cm³/mol. The molecule has 1 aromatic heterocycles. The van der Waals surface area contributed by atoms with Crippen molar-refractivity contribution in [3.05, 3.63) is 36.2 Å². The molecule has 0 aliphatic carbocycles. The number of para-hydroxylation sites is 1. The van der Waals surface area contributed by atoms with Gasteiger partial charge >= 0.3 is 0 Å². The number of hydrogen-bond donors (Lipinski definition) is 3. The van der Waals surface area contributed by atoms with E-state index >= 15 is 0 Å². The van der Waals surface area contributed by atoms with Gasteiger partial charge in [0.25, 0.3) is 0 Å². The van der Waals surface area contributed by atoms with Crippen LogP contribution in [-0.2, 0) is 4.79 Å². The summed E-state index contributed by atoms with van der Waals surface area (Å²) in [5.41, 5.74) is 6.48. The highest BCUT2D eigenvalue weighted by Gasteiger charge is 2.19. The lowest BCUT2D eigenvalue weighted by atomic mass is 10.0. The molecule has 1 unspecified atom stereocenters. The number of thioether (sulfide) groups is 1. The van der Waals surface area contributed by atoms with Gasteiger partial charge in [0.2, 0.25) is 17.8 Å². The van der Waals surface area contributed by atoms with E-state index < -0.39 is 0 Å². The van der Waals surface area contributed by atoms with Crippen LogP contribution in [0.1, 0.15) is 45.2 Å². The number of carbonyl (C=O) groups excluding carboxylic acids is 1. The Hall–Kier alpha value is -2.35. The lowest BCUT2D eigenvalue weighted by Gasteiger charge is -2.24. The van der Waals surface area contributed by atoms with Gasteiger partial charge in [0.05, 0.1) is 11.0 Å². The van der Waals surface area contributed by atoms with Crippen molar-refractivity contribution in [2.75, 3.05) is 16.8 Å². The van der Waals surface area contributed by atoms with Crippen molar-refractivity contribution >= 4 is 35.3 Å². The van der Waals surface area contributed by atoms with Gasteiger partial charge in [-0.3, -0.25) is 4.79 Å². The number of carbonyl (C=O) groups is 1. The van der Waals surface area contributed by atoms with Crippen LogP contribution in [0.2, 0.25) is 0 Å². The summed E-state index contributed by atoms with van der Waals surface area (Å²) in [6.45, 7) is 8.01. The summed E-state index contributed by atoms with van der Waals surface area (Å²) in [5, 5.41) is 6.04. The number of nitrogen functional groups attached to an aromatic ring is 1. The Kier molecular flexibility index (Phi) is 6.79. The van der Waals surface area contributed by atoms with E-state index in [4.69, 9.17) is 5.73 Å². The molecule has 0 bridgehead atoms. The van der Waals surface area contributed by atoms with Gasteiger partial charge in [-0.25, -0.2) is 0 Å². The normalized spacial score (nSPS) is 12.5. The molecule has 1 atom stereocenters. The minimum atomic E-state index is -0.203. The number of benzene rings is 1. The van der Waals surface area contributed by atoms with Gasteiger partial charge < -0.3 is 16.4 Å². The Morgan fingerprint density at radius 1 is 1.23 bits per heavy atom. The molecule has 0 fully saturated rings. The second-order valence-corrected chi connectivity index (χ2v) is 7.93. The van der Waals surface area contributed by atoms with Crippen LogP contribution < -0.4 is 16.4 Å². The van der Waals surface area contributed by atoms with Gasteiger partial charge in [0.15, 0.2) is 0 Å². The Morgan fingerprint density at radius 3 is 2.58 bits per heavy atom. The van der Waals surface area contributed by atoms with Crippen LogP contribution in [0.4, 0.5) is 17.6 Å². The van der Waals surface area contributed by atoms with E-state index in [1.54, 1.807) is 0 Å². The number of hydrogen-bond acceptors (Lipinski definition) is 7. The van der Waals surface area contributed by atoms with Gasteiger partial charge in [0, 0.05) is 11.2 Å². The fraction of sp³-hybridized carbons (Fsp3) is 0.444. The van der Waals surface area contributed by atoms with Crippen molar-refractivity contribution in [3.8, 4) is 0 Å². The summed E-state index contributed by atoms with van der Waals surface area (Å²) in [6, 6.07) is 9.60. The van der Waals surface area contributed by atoms with Crippen LogP contribution in [0.5, 0.6) is 0 Å². The standard InChI is InChI=1S/C18H26N6OS/c1-5-18(3,4)24-14(25)11-26-12(2)15-21-16(19)23-17(22-15)20-13-9-7-6-8-10-13/h6-10,12H,5,11H2,1-4H3,(H,24,25)(H3,19,20,21,22,23). The van der Waals surface area contributed by atoms with E-state index in [1.807, 2.05) is 58.0 Å². The van der Waals surface area contributed by atoms with E-state index in [2.05, 4.69) is 25.6 Å². The van der Waals surface area contributed by atoms with Crippen molar-refractivity contribution in [2.45, 2.75) is 44.9 Å². The average Bonchev–Trinajstić information content (AvgIpc) is 2.59. The van der Waals surface area contributed by atoms with E-state index in [1.165, 1.54) is 11.8 Å². The Bertz CT molecular complexity index is 738.